The van der Waals surface area contributed by atoms with Crippen LogP contribution >= 0.6 is 0 Å². The van der Waals surface area contributed by atoms with Gasteiger partial charge in [-0.1, -0.05) is 0 Å². The average molecular weight is 379 g/mol. The fourth-order valence-corrected chi connectivity index (χ4v) is 2.90. The maximum atomic E-state index is 14.4. The number of hydrogen-bond acceptors (Lipinski definition) is 6. The number of rotatable bonds is 2. The Morgan fingerprint density at radius 1 is 1.36 bits per heavy atom. The molecule has 2 aromatic rings. The number of sulfone groups is 1. The Labute approximate surface area is 137 Å². The average Bonchev–Trinajstić information content (AvgIpc) is 2.77. The van der Waals surface area contributed by atoms with E-state index in [2.05, 4.69) is 5.10 Å². The van der Waals surface area contributed by atoms with Crippen molar-refractivity contribution in [3.8, 4) is 11.8 Å². The monoisotopic (exact) mass is 379 g/mol. The molecule has 2 rings (SSSR count). The molecular formula is C12H9F4N5O3S. The van der Waals surface area contributed by atoms with E-state index in [4.69, 9.17) is 11.0 Å². The van der Waals surface area contributed by atoms with Crippen LogP contribution in [0.1, 0.15) is 11.4 Å². The first-order valence-electron chi connectivity index (χ1n) is 6.26. The van der Waals surface area contributed by atoms with E-state index in [1.807, 2.05) is 0 Å². The van der Waals surface area contributed by atoms with Crippen molar-refractivity contribution in [3.05, 3.63) is 33.8 Å². The van der Waals surface area contributed by atoms with Gasteiger partial charge in [-0.15, -0.1) is 5.10 Å². The Bertz CT molecular complexity index is 1080. The minimum absolute atomic E-state index is 0.0321. The van der Waals surface area contributed by atoms with Gasteiger partial charge in [0.2, 0.25) is 5.82 Å². The third-order valence-corrected chi connectivity index (χ3v) is 4.34. The van der Waals surface area contributed by atoms with Gasteiger partial charge in [0.15, 0.2) is 15.7 Å². The number of nitriles is 1. The van der Waals surface area contributed by atoms with E-state index in [9.17, 15) is 30.8 Å². The van der Waals surface area contributed by atoms with E-state index >= 15 is 0 Å². The number of halogens is 4. The highest BCUT2D eigenvalue weighted by molar-refractivity contribution is 7.90. The number of nitrogens with zero attached hydrogens (tertiary/aromatic N) is 4. The van der Waals surface area contributed by atoms with Crippen molar-refractivity contribution in [3.63, 3.8) is 0 Å². The van der Waals surface area contributed by atoms with Crippen LogP contribution in [-0.2, 0) is 23.1 Å². The minimum Gasteiger partial charge on any atom is -0.395 e. The zero-order valence-electron chi connectivity index (χ0n) is 12.6. The molecule has 0 bridgehead atoms. The Hall–Kier alpha value is -2.88. The van der Waals surface area contributed by atoms with Crippen molar-refractivity contribution in [2.24, 2.45) is 7.05 Å². The minimum atomic E-state index is -5.01. The molecular weight excluding hydrogens is 370 g/mol. The molecule has 0 radical (unpaired) electrons. The fraction of sp³-hybridized carbons (Fsp3) is 0.250. The molecule has 25 heavy (non-hydrogen) atoms. The van der Waals surface area contributed by atoms with Crippen LogP contribution in [-0.4, -0.2) is 29.0 Å². The molecule has 1 heterocycles. The van der Waals surface area contributed by atoms with E-state index in [0.29, 0.717) is 12.3 Å². The summed E-state index contributed by atoms with van der Waals surface area (Å²) in [5.74, 6) is -3.07. The van der Waals surface area contributed by atoms with Gasteiger partial charge in [-0.2, -0.15) is 23.1 Å². The van der Waals surface area contributed by atoms with Crippen molar-refractivity contribution in [1.82, 2.24) is 14.3 Å². The van der Waals surface area contributed by atoms with Crippen LogP contribution in [0.4, 0.5) is 23.2 Å². The molecule has 0 aliphatic carbocycles. The third kappa shape index (κ3) is 2.95. The quantitative estimate of drug-likeness (QED) is 0.463. The van der Waals surface area contributed by atoms with Crippen molar-refractivity contribution in [2.45, 2.75) is 11.1 Å². The molecule has 134 valence electrons. The van der Waals surface area contributed by atoms with Gasteiger partial charge in [-0.25, -0.2) is 17.6 Å². The van der Waals surface area contributed by atoms with Crippen molar-refractivity contribution in [2.75, 3.05) is 12.0 Å². The number of benzene rings is 1. The predicted molar refractivity (Wildman–Crippen MR) is 76.0 cm³/mol. The van der Waals surface area contributed by atoms with Crippen LogP contribution < -0.4 is 11.4 Å². The zero-order chi connectivity index (χ0) is 19.3. The lowest BCUT2D eigenvalue weighted by Crippen LogP contribution is -2.24. The van der Waals surface area contributed by atoms with Gasteiger partial charge >= 0.3 is 11.9 Å². The lowest BCUT2D eigenvalue weighted by atomic mass is 10.1. The highest BCUT2D eigenvalue weighted by Gasteiger charge is 2.38. The molecule has 2 N–H and O–H groups in total. The largest absolute Gasteiger partial charge is 0.451 e. The summed E-state index contributed by atoms with van der Waals surface area (Å²) in [4.78, 5) is 11.2. The molecule has 0 amide bonds. The summed E-state index contributed by atoms with van der Waals surface area (Å²) in [7, 11) is -3.34. The van der Waals surface area contributed by atoms with E-state index in [1.54, 1.807) is 0 Å². The summed E-state index contributed by atoms with van der Waals surface area (Å²) in [6.45, 7) is 0. The molecule has 1 aromatic carbocycles. The predicted octanol–water partition coefficient (Wildman–Crippen LogP) is 0.586. The lowest BCUT2D eigenvalue weighted by Gasteiger charge is -2.10. The van der Waals surface area contributed by atoms with Crippen LogP contribution in [0, 0.1) is 17.1 Å². The van der Waals surface area contributed by atoms with Gasteiger partial charge in [-0.05, 0) is 6.07 Å². The molecule has 0 aliphatic rings. The fourth-order valence-electron chi connectivity index (χ4n) is 2.04. The molecule has 8 nitrogen and oxygen atoms in total. The maximum Gasteiger partial charge on any atom is 0.451 e. The number of alkyl halides is 3. The van der Waals surface area contributed by atoms with Crippen molar-refractivity contribution >= 4 is 15.5 Å². The lowest BCUT2D eigenvalue weighted by molar-refractivity contribution is -0.147. The zero-order valence-corrected chi connectivity index (χ0v) is 13.4. The summed E-state index contributed by atoms with van der Waals surface area (Å²) in [6.07, 6.45) is -4.32. The second kappa shape index (κ2) is 5.59. The molecule has 13 heteroatoms. The van der Waals surface area contributed by atoms with Crippen molar-refractivity contribution in [1.29, 1.82) is 5.26 Å². The summed E-state index contributed by atoms with van der Waals surface area (Å²) in [5, 5.41) is 12.0. The molecule has 0 unspecified atom stereocenters. The van der Waals surface area contributed by atoms with Crippen LogP contribution in [0.25, 0.3) is 5.69 Å². The maximum absolute atomic E-state index is 14.4. The summed E-state index contributed by atoms with van der Waals surface area (Å²) >= 11 is 0. The van der Waals surface area contributed by atoms with Gasteiger partial charge in [0, 0.05) is 13.3 Å². The van der Waals surface area contributed by atoms with Crippen LogP contribution in [0.3, 0.4) is 0 Å². The van der Waals surface area contributed by atoms with E-state index < -0.39 is 55.2 Å². The molecule has 1 aromatic heterocycles. The van der Waals surface area contributed by atoms with Crippen LogP contribution in [0.5, 0.6) is 0 Å². The highest BCUT2D eigenvalue weighted by atomic mass is 32.2. The number of nitrogens with two attached hydrogens (primary N) is 1. The molecule has 0 saturated heterocycles. The summed E-state index contributed by atoms with van der Waals surface area (Å²) in [5.41, 5.74) is 1.43. The number of aromatic nitrogens is 3. The van der Waals surface area contributed by atoms with Gasteiger partial charge in [-0.3, -0.25) is 4.57 Å². The smallest absolute Gasteiger partial charge is 0.395 e. The first-order chi connectivity index (χ1) is 11.3. The normalized spacial score (nSPS) is 12.2. The summed E-state index contributed by atoms with van der Waals surface area (Å²) < 4.78 is 76.5. The molecule has 0 aliphatic heterocycles. The first-order valence-corrected chi connectivity index (χ1v) is 8.15. The van der Waals surface area contributed by atoms with E-state index in [1.165, 1.54) is 6.07 Å². The molecule has 0 spiro atoms. The number of anilines is 1. The van der Waals surface area contributed by atoms with Gasteiger partial charge in [0.25, 0.3) is 0 Å². The molecule has 0 atom stereocenters. The van der Waals surface area contributed by atoms with Gasteiger partial charge in [0.1, 0.15) is 11.8 Å². The number of nitrogen functional groups attached to an aromatic ring is 1. The third-order valence-electron chi connectivity index (χ3n) is 3.22. The Morgan fingerprint density at radius 3 is 2.32 bits per heavy atom. The Morgan fingerprint density at radius 2 is 1.92 bits per heavy atom. The second-order valence-corrected chi connectivity index (χ2v) is 6.94. The van der Waals surface area contributed by atoms with E-state index in [-0.39, 0.29) is 9.25 Å². The Kier molecular flexibility index (Phi) is 4.12. The van der Waals surface area contributed by atoms with Gasteiger partial charge in [0.05, 0.1) is 16.1 Å². The first kappa shape index (κ1) is 18.5. The Balaban J connectivity index is 2.94. The van der Waals surface area contributed by atoms with E-state index in [0.717, 1.165) is 7.05 Å². The summed E-state index contributed by atoms with van der Waals surface area (Å²) in [6, 6.07) is 1.94. The highest BCUT2D eigenvalue weighted by Crippen LogP contribution is 2.30. The van der Waals surface area contributed by atoms with Crippen molar-refractivity contribution < 1.29 is 26.0 Å². The number of hydrogen-bond donors (Lipinski definition) is 1. The van der Waals surface area contributed by atoms with Gasteiger partial charge < -0.3 is 5.73 Å². The SMILES string of the molecule is Cn1c(C(F)(F)F)nn(-c2cc(S(C)(=O)=O)c(C#N)c(N)c2F)c1=O. The second-order valence-electron chi connectivity index (χ2n) is 4.96. The topological polar surface area (TPSA) is 124 Å². The van der Waals surface area contributed by atoms with Crippen LogP contribution in [0.2, 0.25) is 0 Å². The molecule has 0 saturated carbocycles. The molecule has 0 fully saturated rings. The standard InChI is InChI=1S/C12H9F4N5O3S/c1-20-10(12(14,15)16)19-21(11(20)22)6-3-7(25(2,23)24)5(4-17)9(18)8(6)13/h3H,18H2,1-2H3. The van der Waals surface area contributed by atoms with Crippen LogP contribution in [0.15, 0.2) is 15.8 Å².